The van der Waals surface area contributed by atoms with Crippen LogP contribution in [0.5, 0.6) is 23.0 Å². The molecule has 0 aromatic heterocycles. The van der Waals surface area contributed by atoms with Crippen LogP contribution in [0.1, 0.15) is 44.5 Å². The molecule has 72 heavy (non-hydrogen) atoms. The maximum absolute atomic E-state index is 7.77. The third-order valence-corrected chi connectivity index (χ3v) is 25.2. The summed E-state index contributed by atoms with van der Waals surface area (Å²) in [6, 6.07) is 48.2. The first-order valence-electron chi connectivity index (χ1n) is 24.6. The second-order valence-electron chi connectivity index (χ2n) is 20.7. The molecule has 9 aromatic carbocycles. The molecule has 0 saturated carbocycles. The van der Waals surface area contributed by atoms with Crippen molar-refractivity contribution in [2.45, 2.75) is 55.4 Å². The molecule has 6 heterocycles. The summed E-state index contributed by atoms with van der Waals surface area (Å²) >= 11 is 15.5. The van der Waals surface area contributed by atoms with Gasteiger partial charge in [0.25, 0.3) is 0 Å². The highest BCUT2D eigenvalue weighted by atomic mass is 32.4. The number of ether oxygens (including phenoxy) is 2. The van der Waals surface area contributed by atoms with Crippen LogP contribution in [0.25, 0.3) is 0 Å². The Balaban J connectivity index is 1.16. The molecule has 0 radical (unpaired) electrons. The third-order valence-electron chi connectivity index (χ3n) is 15.5. The Morgan fingerprint density at radius 3 is 0.847 bits per heavy atom. The van der Waals surface area contributed by atoms with E-state index >= 15 is 0 Å². The molecule has 6 aliphatic heterocycles. The standard InChI is InChI=1S/C62H48N4O2P2S2/c1-33-9-17-41(18-10-33)63-45-25-37(5)27-47-57(45)69(71)59-49(63)29-39(7)31-51(59)67-55-56-62-54(53(61(55)69)65(47)43-21-13-35(3)14-22-43)66(44-23-15-36(4)16-24-44)48-28-38(6)26-46-58(48)70(62,72)60-50(30-40(8)32-52(60)68-56)64(46)42-19-11-34(2)12-20-42/h9-32H,1-8H3. The van der Waals surface area contributed by atoms with E-state index in [1.54, 1.807) is 0 Å². The lowest BCUT2D eigenvalue weighted by Gasteiger charge is -2.54. The lowest BCUT2D eigenvalue weighted by Crippen LogP contribution is -2.50. The largest absolute Gasteiger partial charge is 0.452 e. The number of nitrogens with zero attached hydrogens (tertiary/aromatic N) is 4. The molecule has 0 N–H and O–H groups in total. The highest BCUT2D eigenvalue weighted by Gasteiger charge is 2.59. The Hall–Kier alpha value is -6.92. The molecule has 10 heteroatoms. The van der Waals surface area contributed by atoms with E-state index in [4.69, 9.17) is 33.1 Å². The van der Waals surface area contributed by atoms with Gasteiger partial charge in [0, 0.05) is 33.4 Å². The van der Waals surface area contributed by atoms with Crippen LogP contribution >= 0.6 is 12.1 Å². The highest BCUT2D eigenvalue weighted by Crippen LogP contribution is 2.74. The van der Waals surface area contributed by atoms with E-state index in [2.05, 4.69) is 221 Å². The van der Waals surface area contributed by atoms with E-state index < -0.39 is 12.1 Å². The van der Waals surface area contributed by atoms with Gasteiger partial charge in [-0.15, -0.1) is 0 Å². The van der Waals surface area contributed by atoms with Crippen molar-refractivity contribution in [2.24, 2.45) is 0 Å². The Bertz CT molecular complexity index is 3830. The van der Waals surface area contributed by atoms with Crippen molar-refractivity contribution in [1.82, 2.24) is 0 Å². The maximum Gasteiger partial charge on any atom is 0.182 e. The van der Waals surface area contributed by atoms with Crippen LogP contribution in [0.3, 0.4) is 0 Å². The fourth-order valence-corrected chi connectivity index (χ4v) is 22.7. The van der Waals surface area contributed by atoms with Gasteiger partial charge in [0.2, 0.25) is 0 Å². The molecule has 0 saturated heterocycles. The Morgan fingerprint density at radius 1 is 0.292 bits per heavy atom. The molecular weight excluding hydrogens is 959 g/mol. The first-order valence-corrected chi connectivity index (χ1v) is 30.2. The van der Waals surface area contributed by atoms with Gasteiger partial charge in [-0.05, 0) is 175 Å². The minimum atomic E-state index is -3.04. The number of anilines is 12. The Kier molecular flexibility index (Phi) is 8.54. The molecule has 9 aromatic rings. The van der Waals surface area contributed by atoms with E-state index in [0.29, 0.717) is 11.5 Å². The average molecular weight is 1010 g/mol. The summed E-state index contributed by atoms with van der Waals surface area (Å²) in [5.41, 5.74) is 22.0. The zero-order valence-electron chi connectivity index (χ0n) is 41.2. The van der Waals surface area contributed by atoms with Crippen molar-refractivity contribution in [2.75, 3.05) is 19.6 Å². The smallest absolute Gasteiger partial charge is 0.182 e. The fourth-order valence-electron chi connectivity index (χ4n) is 12.5. The summed E-state index contributed by atoms with van der Waals surface area (Å²) in [4.78, 5) is 9.92. The van der Waals surface area contributed by atoms with Crippen molar-refractivity contribution < 1.29 is 9.47 Å². The zero-order chi connectivity index (χ0) is 49.0. The number of fused-ring (bicyclic) bond motifs is 2. The molecule has 0 amide bonds. The lowest BCUT2D eigenvalue weighted by molar-refractivity contribution is 0.425. The van der Waals surface area contributed by atoms with Crippen molar-refractivity contribution in [3.63, 3.8) is 0 Å². The number of benzene rings is 9. The van der Waals surface area contributed by atoms with Gasteiger partial charge in [0.1, 0.15) is 11.5 Å². The summed E-state index contributed by atoms with van der Waals surface area (Å²) in [6.07, 6.45) is 0. The summed E-state index contributed by atoms with van der Waals surface area (Å²) in [5, 5.41) is 6.48. The average Bonchev–Trinajstić information content (AvgIpc) is 3.33. The number of rotatable bonds is 4. The second kappa shape index (κ2) is 14.4. The van der Waals surface area contributed by atoms with E-state index in [1.807, 2.05) is 0 Å². The van der Waals surface area contributed by atoms with Gasteiger partial charge in [-0.3, -0.25) is 0 Å². The topological polar surface area (TPSA) is 31.4 Å². The van der Waals surface area contributed by atoms with Crippen molar-refractivity contribution in [3.8, 4) is 23.0 Å². The molecule has 2 atom stereocenters. The molecule has 0 fully saturated rings. The molecule has 0 spiro atoms. The molecule has 15 rings (SSSR count). The highest BCUT2D eigenvalue weighted by molar-refractivity contribution is 8.27. The molecule has 0 aliphatic carbocycles. The van der Waals surface area contributed by atoms with Crippen LogP contribution in [0.2, 0.25) is 0 Å². The van der Waals surface area contributed by atoms with Gasteiger partial charge in [0.05, 0.1) is 78.8 Å². The van der Waals surface area contributed by atoms with Crippen LogP contribution in [0.4, 0.5) is 68.2 Å². The summed E-state index contributed by atoms with van der Waals surface area (Å²) < 4.78 is 15.4. The van der Waals surface area contributed by atoms with Crippen molar-refractivity contribution in [3.05, 3.63) is 190 Å². The van der Waals surface area contributed by atoms with Gasteiger partial charge in [-0.1, -0.05) is 94.4 Å². The van der Waals surface area contributed by atoms with E-state index in [1.165, 1.54) is 22.3 Å². The minimum absolute atomic E-state index is 0.689. The molecule has 6 nitrogen and oxygen atoms in total. The molecule has 2 unspecified atom stereocenters. The van der Waals surface area contributed by atoms with E-state index in [9.17, 15) is 0 Å². The first-order chi connectivity index (χ1) is 34.7. The fraction of sp³-hybridized carbons (Fsp3) is 0.129. The van der Waals surface area contributed by atoms with Crippen LogP contribution in [-0.2, 0) is 23.6 Å². The maximum atomic E-state index is 7.77. The molecule has 350 valence electrons. The van der Waals surface area contributed by atoms with E-state index in [0.717, 1.165) is 134 Å². The van der Waals surface area contributed by atoms with Crippen LogP contribution in [0.15, 0.2) is 146 Å². The Labute approximate surface area is 430 Å². The number of hydrogen-bond donors (Lipinski definition) is 0. The second-order valence-corrected chi connectivity index (χ2v) is 29.1. The normalized spacial score (nSPS) is 18.3. The molecule has 6 aliphatic rings. The van der Waals surface area contributed by atoms with Crippen LogP contribution < -0.4 is 60.9 Å². The molecule has 0 bridgehead atoms. The van der Waals surface area contributed by atoms with E-state index in [-0.39, 0.29) is 0 Å². The van der Waals surface area contributed by atoms with Crippen LogP contribution in [-0.4, -0.2) is 0 Å². The summed E-state index contributed by atoms with van der Waals surface area (Å²) in [5.74, 6) is 2.95. The first kappa shape index (κ1) is 42.7. The predicted molar refractivity (Wildman–Crippen MR) is 310 cm³/mol. The number of aryl methyl sites for hydroxylation is 8. The lowest BCUT2D eigenvalue weighted by atomic mass is 10.0. The van der Waals surface area contributed by atoms with Gasteiger partial charge < -0.3 is 29.1 Å². The SMILES string of the molecule is Cc1ccc(N2c3cc(C)cc4c3P3(=S)c5c2cc(C)cc5N(c2ccc(C)cc2)c2c5c6c(c(c23)O4)Oc2cc(C)cc3c2P6(=S)c2c(cc(C)cc2N5c2ccc(C)cc2)N3c2ccc(C)cc2)cc1. The summed E-state index contributed by atoms with van der Waals surface area (Å²) in [6.45, 7) is 17.4. The monoisotopic (exact) mass is 1010 g/mol. The quantitative estimate of drug-likeness (QED) is 0.161. The third kappa shape index (κ3) is 5.35. The number of hydrogen-bond acceptors (Lipinski definition) is 8. The summed E-state index contributed by atoms with van der Waals surface area (Å²) in [7, 11) is 0. The van der Waals surface area contributed by atoms with Crippen LogP contribution in [0, 0.1) is 55.4 Å². The predicted octanol–water partition coefficient (Wildman–Crippen LogP) is 15.0. The van der Waals surface area contributed by atoms with Crippen molar-refractivity contribution >= 4 is 136 Å². The minimum Gasteiger partial charge on any atom is -0.452 e. The van der Waals surface area contributed by atoms with Crippen molar-refractivity contribution in [1.29, 1.82) is 0 Å². The van der Waals surface area contributed by atoms with Gasteiger partial charge >= 0.3 is 0 Å². The molecular formula is C62H48N4O2P2S2. The Morgan fingerprint density at radius 2 is 0.542 bits per heavy atom. The van der Waals surface area contributed by atoms with Gasteiger partial charge in [-0.25, -0.2) is 0 Å². The van der Waals surface area contributed by atoms with Gasteiger partial charge in [0.15, 0.2) is 11.5 Å². The van der Waals surface area contributed by atoms with Gasteiger partial charge in [-0.2, -0.15) is 0 Å². The zero-order valence-corrected chi connectivity index (χ0v) is 44.6.